The van der Waals surface area contributed by atoms with Gasteiger partial charge in [-0.25, -0.2) is 0 Å². The third-order valence-corrected chi connectivity index (χ3v) is 3.89. The Balaban J connectivity index is 1.75. The Morgan fingerprint density at radius 1 is 1.04 bits per heavy atom. The number of hydrogen-bond acceptors (Lipinski definition) is 2. The Kier molecular flexibility index (Phi) is 4.82. The van der Waals surface area contributed by atoms with Crippen LogP contribution in [0.5, 0.6) is 5.75 Å². The van der Waals surface area contributed by atoms with E-state index in [9.17, 15) is 0 Å². The fourth-order valence-corrected chi connectivity index (χ4v) is 2.83. The molecular weight excluding hydrogens is 306 g/mol. The number of nitrogens with zero attached hydrogens (tertiary/aromatic N) is 1. The molecule has 0 unspecified atom stereocenters. The van der Waals surface area contributed by atoms with Crippen molar-refractivity contribution in [3.05, 3.63) is 70.9 Å². The van der Waals surface area contributed by atoms with Crippen LogP contribution in [0.3, 0.4) is 0 Å². The van der Waals surface area contributed by atoms with Crippen molar-refractivity contribution in [3.8, 4) is 5.75 Å². The molecule has 0 aliphatic heterocycles. The van der Waals surface area contributed by atoms with Crippen LogP contribution in [-0.2, 0) is 13.0 Å². The van der Waals surface area contributed by atoms with Gasteiger partial charge in [-0.1, -0.05) is 37.6 Å². The average molecular weight is 326 g/mol. The number of pyridine rings is 1. The Morgan fingerprint density at radius 2 is 1.91 bits per heavy atom. The number of benzene rings is 2. The van der Waals surface area contributed by atoms with Crippen molar-refractivity contribution in [2.75, 3.05) is 0 Å². The summed E-state index contributed by atoms with van der Waals surface area (Å²) in [5.74, 6) is 1.45. The van der Waals surface area contributed by atoms with Crippen molar-refractivity contribution < 1.29 is 4.74 Å². The van der Waals surface area contributed by atoms with Crippen LogP contribution >= 0.6 is 11.6 Å². The number of hydrogen-bond donors (Lipinski definition) is 0. The highest BCUT2D eigenvalue weighted by Crippen LogP contribution is 2.22. The minimum Gasteiger partial charge on any atom is -0.489 e. The molecule has 0 bridgehead atoms. The van der Waals surface area contributed by atoms with Crippen LogP contribution in [0.15, 0.2) is 54.7 Å². The van der Waals surface area contributed by atoms with Gasteiger partial charge in [-0.3, -0.25) is 4.98 Å². The van der Waals surface area contributed by atoms with E-state index >= 15 is 0 Å². The van der Waals surface area contributed by atoms with Crippen LogP contribution in [0.2, 0.25) is 5.02 Å². The average Bonchev–Trinajstić information content (AvgIpc) is 2.52. The molecule has 23 heavy (non-hydrogen) atoms. The quantitative estimate of drug-likeness (QED) is 0.603. The van der Waals surface area contributed by atoms with E-state index in [-0.39, 0.29) is 0 Å². The maximum absolute atomic E-state index is 5.99. The van der Waals surface area contributed by atoms with Crippen molar-refractivity contribution in [3.63, 3.8) is 0 Å². The molecule has 2 nitrogen and oxygen atoms in total. The third kappa shape index (κ3) is 4.23. The monoisotopic (exact) mass is 325 g/mol. The molecule has 3 heteroatoms. The second-order valence-corrected chi connectivity index (χ2v) is 6.65. The molecule has 2 aromatic carbocycles. The summed E-state index contributed by atoms with van der Waals surface area (Å²) in [5.41, 5.74) is 3.29. The summed E-state index contributed by atoms with van der Waals surface area (Å²) in [4.78, 5) is 4.56. The van der Waals surface area contributed by atoms with Crippen LogP contribution in [0, 0.1) is 5.92 Å². The van der Waals surface area contributed by atoms with Crippen LogP contribution in [-0.4, -0.2) is 4.98 Å². The number of rotatable bonds is 5. The molecule has 0 saturated heterocycles. The van der Waals surface area contributed by atoms with Gasteiger partial charge in [0.1, 0.15) is 12.4 Å². The first-order valence-corrected chi connectivity index (χ1v) is 8.24. The lowest BCUT2D eigenvalue weighted by Crippen LogP contribution is -1.97. The number of halogens is 1. The molecule has 0 fully saturated rings. The molecule has 118 valence electrons. The second kappa shape index (κ2) is 7.01. The van der Waals surface area contributed by atoms with Gasteiger partial charge in [0.2, 0.25) is 0 Å². The molecule has 0 atom stereocenters. The largest absolute Gasteiger partial charge is 0.489 e. The molecule has 0 spiro atoms. The zero-order chi connectivity index (χ0) is 16.2. The van der Waals surface area contributed by atoms with Gasteiger partial charge < -0.3 is 4.74 Å². The molecule has 3 aromatic rings. The zero-order valence-corrected chi connectivity index (χ0v) is 14.2. The first-order valence-electron chi connectivity index (χ1n) is 7.86. The summed E-state index contributed by atoms with van der Waals surface area (Å²) in [7, 11) is 0. The van der Waals surface area contributed by atoms with E-state index in [1.54, 1.807) is 0 Å². The van der Waals surface area contributed by atoms with Crippen molar-refractivity contribution in [2.45, 2.75) is 26.9 Å². The van der Waals surface area contributed by atoms with Gasteiger partial charge in [0.25, 0.3) is 0 Å². The van der Waals surface area contributed by atoms with E-state index in [0.717, 1.165) is 33.7 Å². The topological polar surface area (TPSA) is 22.1 Å². The first-order chi connectivity index (χ1) is 11.1. The standard InChI is InChI=1S/C20H20ClNO/c1-14(2)8-16-9-17-6-7-19(11-20(17)22-12-16)23-13-15-4-3-5-18(21)10-15/h3-7,9-12,14H,8,13H2,1-2H3. The van der Waals surface area contributed by atoms with Crippen molar-refractivity contribution in [2.24, 2.45) is 5.92 Å². The maximum Gasteiger partial charge on any atom is 0.122 e. The zero-order valence-electron chi connectivity index (χ0n) is 13.4. The number of fused-ring (bicyclic) bond motifs is 1. The SMILES string of the molecule is CC(C)Cc1cnc2cc(OCc3cccc(Cl)c3)ccc2c1. The first kappa shape index (κ1) is 15.8. The smallest absolute Gasteiger partial charge is 0.122 e. The molecule has 0 aliphatic carbocycles. The predicted molar refractivity (Wildman–Crippen MR) is 96.1 cm³/mol. The van der Waals surface area contributed by atoms with Gasteiger partial charge in [0, 0.05) is 22.7 Å². The van der Waals surface area contributed by atoms with Gasteiger partial charge >= 0.3 is 0 Å². The third-order valence-electron chi connectivity index (χ3n) is 3.65. The summed E-state index contributed by atoms with van der Waals surface area (Å²) in [6.07, 6.45) is 3.01. The number of ether oxygens (including phenoxy) is 1. The minimum absolute atomic E-state index is 0.498. The molecule has 0 aliphatic rings. The Morgan fingerprint density at radius 3 is 2.70 bits per heavy atom. The van der Waals surface area contributed by atoms with E-state index in [4.69, 9.17) is 16.3 Å². The Bertz CT molecular complexity index is 814. The van der Waals surface area contributed by atoms with Gasteiger partial charge in [0.15, 0.2) is 0 Å². The van der Waals surface area contributed by atoms with Crippen molar-refractivity contribution >= 4 is 22.5 Å². The van der Waals surface area contributed by atoms with E-state index in [2.05, 4.69) is 31.0 Å². The van der Waals surface area contributed by atoms with Crippen LogP contribution in [0.25, 0.3) is 10.9 Å². The maximum atomic E-state index is 5.99. The minimum atomic E-state index is 0.498. The molecule has 1 heterocycles. The van der Waals surface area contributed by atoms with E-state index in [1.807, 2.05) is 42.6 Å². The summed E-state index contributed by atoms with van der Waals surface area (Å²) >= 11 is 5.99. The summed E-state index contributed by atoms with van der Waals surface area (Å²) < 4.78 is 5.85. The predicted octanol–water partition coefficient (Wildman–Crippen LogP) is 5.67. The van der Waals surface area contributed by atoms with Gasteiger partial charge in [-0.2, -0.15) is 0 Å². The van der Waals surface area contributed by atoms with E-state index < -0.39 is 0 Å². The lowest BCUT2D eigenvalue weighted by Gasteiger charge is -2.09. The van der Waals surface area contributed by atoms with Gasteiger partial charge in [-0.15, -0.1) is 0 Å². The van der Waals surface area contributed by atoms with Crippen molar-refractivity contribution in [1.82, 2.24) is 4.98 Å². The molecule has 0 radical (unpaired) electrons. The van der Waals surface area contributed by atoms with Gasteiger partial charge in [-0.05, 0) is 53.8 Å². The lowest BCUT2D eigenvalue weighted by molar-refractivity contribution is 0.306. The van der Waals surface area contributed by atoms with E-state index in [0.29, 0.717) is 12.5 Å². The highest BCUT2D eigenvalue weighted by molar-refractivity contribution is 6.30. The second-order valence-electron chi connectivity index (χ2n) is 6.21. The fourth-order valence-electron chi connectivity index (χ4n) is 2.61. The highest BCUT2D eigenvalue weighted by atomic mass is 35.5. The summed E-state index contributed by atoms with van der Waals surface area (Å²) in [6.45, 7) is 4.94. The van der Waals surface area contributed by atoms with Crippen LogP contribution in [0.1, 0.15) is 25.0 Å². The summed E-state index contributed by atoms with van der Waals surface area (Å²) in [6, 6.07) is 16.0. The molecule has 0 N–H and O–H groups in total. The molecule has 0 amide bonds. The lowest BCUT2D eigenvalue weighted by atomic mass is 10.0. The number of aromatic nitrogens is 1. The Labute approximate surface area is 142 Å². The Hall–Kier alpha value is -2.06. The molecule has 1 aromatic heterocycles. The highest BCUT2D eigenvalue weighted by Gasteiger charge is 2.03. The van der Waals surface area contributed by atoms with Gasteiger partial charge in [0.05, 0.1) is 5.52 Å². The molecular formula is C20H20ClNO. The summed E-state index contributed by atoms with van der Waals surface area (Å²) in [5, 5.41) is 1.88. The fraction of sp³-hybridized carbons (Fsp3) is 0.250. The van der Waals surface area contributed by atoms with Crippen LogP contribution < -0.4 is 4.74 Å². The molecule has 0 saturated carbocycles. The van der Waals surface area contributed by atoms with Crippen molar-refractivity contribution in [1.29, 1.82) is 0 Å². The van der Waals surface area contributed by atoms with Crippen LogP contribution in [0.4, 0.5) is 0 Å². The normalized spacial score (nSPS) is 11.1. The van der Waals surface area contributed by atoms with E-state index in [1.165, 1.54) is 5.56 Å². The molecule has 3 rings (SSSR count).